The monoisotopic (exact) mass is 317 g/mol. The van der Waals surface area contributed by atoms with Gasteiger partial charge >= 0.3 is 5.97 Å². The number of hydrogen-bond acceptors (Lipinski definition) is 5. The molecule has 0 radical (unpaired) electrons. The number of unbranched alkanes of at least 4 members (excludes halogenated alkanes) is 1. The third-order valence-electron chi connectivity index (χ3n) is 3.18. The molecule has 1 aliphatic rings. The smallest absolute Gasteiger partial charge is 0.322 e. The molecule has 1 rings (SSSR count). The third-order valence-corrected chi connectivity index (χ3v) is 4.36. The number of carbonyl (C=O) groups excluding carboxylic acids is 2. The number of carboxylic acids is 1. The van der Waals surface area contributed by atoms with E-state index in [2.05, 4.69) is 15.4 Å². The Morgan fingerprint density at radius 2 is 2.14 bits per heavy atom. The molecule has 21 heavy (non-hydrogen) atoms. The Morgan fingerprint density at radius 3 is 2.76 bits per heavy atom. The summed E-state index contributed by atoms with van der Waals surface area (Å²) >= 11 is 1.77. The van der Waals surface area contributed by atoms with Gasteiger partial charge in [-0.05, 0) is 26.2 Å². The van der Waals surface area contributed by atoms with E-state index in [4.69, 9.17) is 5.11 Å². The zero-order valence-corrected chi connectivity index (χ0v) is 13.0. The minimum atomic E-state index is -1.11. The highest BCUT2D eigenvalue weighted by Crippen LogP contribution is 2.22. The maximum Gasteiger partial charge on any atom is 0.322 e. The van der Waals surface area contributed by atoms with Crippen LogP contribution in [0.2, 0.25) is 0 Å². The number of rotatable bonds is 9. The van der Waals surface area contributed by atoms with Crippen LogP contribution in [0.5, 0.6) is 0 Å². The lowest BCUT2D eigenvalue weighted by Gasteiger charge is -2.13. The predicted molar refractivity (Wildman–Crippen MR) is 80.7 cm³/mol. The summed E-state index contributed by atoms with van der Waals surface area (Å²) in [6, 6.07) is -0.716. The number of carbonyl (C=O) groups is 3. The second-order valence-corrected chi connectivity index (χ2v) is 6.26. The van der Waals surface area contributed by atoms with Crippen molar-refractivity contribution < 1.29 is 19.5 Å². The molecule has 2 unspecified atom stereocenters. The minimum absolute atomic E-state index is 0.176. The summed E-state index contributed by atoms with van der Waals surface area (Å²) in [6.07, 6.45) is 4.46. The van der Waals surface area contributed by atoms with Gasteiger partial charge in [-0.1, -0.05) is 18.4 Å². The van der Waals surface area contributed by atoms with Crippen LogP contribution in [0.4, 0.5) is 0 Å². The Labute approximate surface area is 128 Å². The molecular formula is C13H23N3O4S. The first-order valence-corrected chi connectivity index (χ1v) is 8.04. The molecule has 0 saturated carbocycles. The van der Waals surface area contributed by atoms with Gasteiger partial charge in [0.25, 0.3) is 0 Å². The van der Waals surface area contributed by atoms with Gasteiger partial charge in [0.05, 0.1) is 0 Å². The molecule has 120 valence electrons. The molecule has 0 aromatic rings. The summed E-state index contributed by atoms with van der Waals surface area (Å²) < 4.78 is 3.23. The Hall–Kier alpha value is -1.28. The summed E-state index contributed by atoms with van der Waals surface area (Å²) in [5, 5.41) is 13.9. The molecule has 0 bridgehead atoms. The van der Waals surface area contributed by atoms with Gasteiger partial charge in [0, 0.05) is 18.2 Å². The molecule has 2 amide bonds. The molecule has 7 nitrogen and oxygen atoms in total. The van der Waals surface area contributed by atoms with Crippen molar-refractivity contribution in [2.24, 2.45) is 0 Å². The van der Waals surface area contributed by atoms with Crippen LogP contribution in [0.25, 0.3) is 0 Å². The number of aliphatic carboxylic acids is 1. The van der Waals surface area contributed by atoms with Gasteiger partial charge in [0.1, 0.15) is 12.6 Å². The van der Waals surface area contributed by atoms with Crippen molar-refractivity contribution in [1.29, 1.82) is 0 Å². The van der Waals surface area contributed by atoms with Crippen LogP contribution in [0, 0.1) is 0 Å². The van der Waals surface area contributed by atoms with E-state index in [0.717, 1.165) is 25.8 Å². The third kappa shape index (κ3) is 7.91. The molecule has 1 heterocycles. The Balaban J connectivity index is 2.08. The summed E-state index contributed by atoms with van der Waals surface area (Å²) in [5.41, 5.74) is 0. The van der Waals surface area contributed by atoms with Crippen molar-refractivity contribution in [3.8, 4) is 0 Å². The molecular weight excluding hydrogens is 294 g/mol. The number of nitrogens with one attached hydrogen (secondary N) is 3. The normalized spacial score (nSPS) is 19.0. The van der Waals surface area contributed by atoms with Crippen molar-refractivity contribution >= 4 is 29.7 Å². The van der Waals surface area contributed by atoms with E-state index in [0.29, 0.717) is 11.7 Å². The second-order valence-electron chi connectivity index (χ2n) is 5.07. The fourth-order valence-electron chi connectivity index (χ4n) is 2.01. The van der Waals surface area contributed by atoms with Crippen LogP contribution >= 0.6 is 11.9 Å². The van der Waals surface area contributed by atoms with Crippen molar-refractivity contribution in [3.05, 3.63) is 0 Å². The molecule has 1 fully saturated rings. The van der Waals surface area contributed by atoms with Gasteiger partial charge in [-0.25, -0.2) is 0 Å². The Morgan fingerprint density at radius 1 is 1.38 bits per heavy atom. The zero-order valence-electron chi connectivity index (χ0n) is 12.2. The average molecular weight is 317 g/mol. The SMILES string of the molecule is CC(NC(=O)CCCCC1CCNS1)C(=O)NCC(=O)O. The topological polar surface area (TPSA) is 108 Å². The van der Waals surface area contributed by atoms with Crippen LogP contribution < -0.4 is 15.4 Å². The highest BCUT2D eigenvalue weighted by atomic mass is 32.2. The molecule has 0 spiro atoms. The summed E-state index contributed by atoms with van der Waals surface area (Å²) in [7, 11) is 0. The second kappa shape index (κ2) is 9.62. The van der Waals surface area contributed by atoms with Crippen molar-refractivity contribution in [2.45, 2.75) is 50.3 Å². The lowest BCUT2D eigenvalue weighted by atomic mass is 10.1. The molecule has 1 aliphatic heterocycles. The Kier molecular flexibility index (Phi) is 8.14. The van der Waals surface area contributed by atoms with Crippen LogP contribution in [0.15, 0.2) is 0 Å². The van der Waals surface area contributed by atoms with E-state index in [1.807, 2.05) is 0 Å². The van der Waals surface area contributed by atoms with E-state index in [9.17, 15) is 14.4 Å². The molecule has 8 heteroatoms. The van der Waals surface area contributed by atoms with Gasteiger partial charge in [-0.3, -0.25) is 19.1 Å². The van der Waals surface area contributed by atoms with Crippen LogP contribution in [0.1, 0.15) is 39.0 Å². The quantitative estimate of drug-likeness (QED) is 0.359. The largest absolute Gasteiger partial charge is 0.480 e. The number of hydrogen-bond donors (Lipinski definition) is 4. The minimum Gasteiger partial charge on any atom is -0.480 e. The highest BCUT2D eigenvalue weighted by Gasteiger charge is 2.17. The first-order valence-electron chi connectivity index (χ1n) is 7.16. The Bertz CT molecular complexity index is 372. The van der Waals surface area contributed by atoms with E-state index < -0.39 is 24.5 Å². The fourth-order valence-corrected chi connectivity index (χ4v) is 3.00. The van der Waals surface area contributed by atoms with E-state index >= 15 is 0 Å². The van der Waals surface area contributed by atoms with Gasteiger partial charge in [0.15, 0.2) is 0 Å². The molecule has 0 aromatic heterocycles. The van der Waals surface area contributed by atoms with E-state index in [1.54, 1.807) is 11.9 Å². The van der Waals surface area contributed by atoms with E-state index in [-0.39, 0.29) is 5.91 Å². The lowest BCUT2D eigenvalue weighted by Crippen LogP contribution is -2.46. The van der Waals surface area contributed by atoms with Crippen LogP contribution in [-0.4, -0.2) is 47.3 Å². The maximum atomic E-state index is 11.7. The summed E-state index contributed by atoms with van der Waals surface area (Å²) in [5.74, 6) is -1.77. The molecule has 2 atom stereocenters. The van der Waals surface area contributed by atoms with Crippen molar-refractivity contribution in [3.63, 3.8) is 0 Å². The summed E-state index contributed by atoms with van der Waals surface area (Å²) in [4.78, 5) is 33.5. The van der Waals surface area contributed by atoms with Crippen molar-refractivity contribution in [2.75, 3.05) is 13.1 Å². The van der Waals surface area contributed by atoms with Gasteiger partial charge in [0.2, 0.25) is 11.8 Å². The summed E-state index contributed by atoms with van der Waals surface area (Å²) in [6.45, 7) is 2.15. The number of carboxylic acid groups (broad SMARTS) is 1. The van der Waals surface area contributed by atoms with Gasteiger partial charge < -0.3 is 15.7 Å². The van der Waals surface area contributed by atoms with Gasteiger partial charge in [-0.2, -0.15) is 0 Å². The van der Waals surface area contributed by atoms with E-state index in [1.165, 1.54) is 13.3 Å². The maximum absolute atomic E-state index is 11.7. The molecule has 4 N–H and O–H groups in total. The average Bonchev–Trinajstić information content (AvgIpc) is 2.94. The van der Waals surface area contributed by atoms with Gasteiger partial charge in [-0.15, -0.1) is 0 Å². The molecule has 1 saturated heterocycles. The molecule has 0 aromatic carbocycles. The number of amides is 2. The van der Waals surface area contributed by atoms with Crippen molar-refractivity contribution in [1.82, 2.24) is 15.4 Å². The zero-order chi connectivity index (χ0) is 15.7. The molecule has 0 aliphatic carbocycles. The first-order chi connectivity index (χ1) is 9.99. The fraction of sp³-hybridized carbons (Fsp3) is 0.769. The standard InChI is InChI=1S/C13H23N3O4S/c1-9(13(20)14-8-12(18)19)16-11(17)5-3-2-4-10-6-7-15-21-10/h9-10,15H,2-8H2,1H3,(H,14,20)(H,16,17)(H,18,19). The predicted octanol–water partition coefficient (Wildman–Crippen LogP) is 0.262. The first kappa shape index (κ1) is 17.8. The lowest BCUT2D eigenvalue weighted by molar-refractivity contribution is -0.138. The van der Waals surface area contributed by atoms with Crippen LogP contribution in [-0.2, 0) is 14.4 Å². The van der Waals surface area contributed by atoms with Crippen LogP contribution in [0.3, 0.4) is 0 Å². The highest BCUT2D eigenvalue weighted by molar-refractivity contribution is 7.98.